The molecule has 6 heteroatoms. The van der Waals surface area contributed by atoms with E-state index in [0.717, 1.165) is 0 Å². The van der Waals surface area contributed by atoms with E-state index in [4.69, 9.17) is 10.2 Å². The van der Waals surface area contributed by atoms with Crippen molar-refractivity contribution < 1.29 is 27.8 Å². The number of rotatable bonds is 4. The summed E-state index contributed by atoms with van der Waals surface area (Å²) in [5, 5.41) is 15.9. The SMILES string of the molecule is CCCC(F)(F)C(F)(F)C(O)O. The molecule has 2 N–H and O–H groups in total. The van der Waals surface area contributed by atoms with Gasteiger partial charge >= 0.3 is 11.8 Å². The van der Waals surface area contributed by atoms with E-state index in [2.05, 4.69) is 0 Å². The monoisotopic (exact) mass is 190 g/mol. The van der Waals surface area contributed by atoms with Gasteiger partial charge in [0.1, 0.15) is 0 Å². The zero-order valence-electron chi connectivity index (χ0n) is 6.40. The van der Waals surface area contributed by atoms with Gasteiger partial charge in [0.2, 0.25) is 6.29 Å². The largest absolute Gasteiger partial charge is 0.363 e. The lowest BCUT2D eigenvalue weighted by Crippen LogP contribution is -2.49. The van der Waals surface area contributed by atoms with Crippen LogP contribution < -0.4 is 0 Å². The van der Waals surface area contributed by atoms with Crippen molar-refractivity contribution in [2.45, 2.75) is 37.9 Å². The molecule has 0 amide bonds. The van der Waals surface area contributed by atoms with Crippen molar-refractivity contribution in [3.63, 3.8) is 0 Å². The first-order valence-corrected chi connectivity index (χ1v) is 3.37. The number of halogens is 4. The minimum atomic E-state index is -4.77. The molecule has 0 fully saturated rings. The Bertz CT molecular complexity index is 146. The van der Waals surface area contributed by atoms with Crippen LogP contribution in [0.4, 0.5) is 17.6 Å². The summed E-state index contributed by atoms with van der Waals surface area (Å²) in [6.07, 6.45) is -4.55. The molecule has 0 spiro atoms. The van der Waals surface area contributed by atoms with Crippen LogP contribution in [0.5, 0.6) is 0 Å². The molecule has 0 aliphatic carbocycles. The number of aliphatic hydroxyl groups is 2. The van der Waals surface area contributed by atoms with Gasteiger partial charge in [0.25, 0.3) is 0 Å². The second-order valence-corrected chi connectivity index (χ2v) is 2.45. The number of alkyl halides is 4. The Morgan fingerprint density at radius 3 is 1.83 bits per heavy atom. The van der Waals surface area contributed by atoms with Gasteiger partial charge in [-0.05, 0) is 0 Å². The first-order valence-electron chi connectivity index (χ1n) is 3.37. The van der Waals surface area contributed by atoms with E-state index in [1.54, 1.807) is 0 Å². The van der Waals surface area contributed by atoms with Crippen molar-refractivity contribution in [1.82, 2.24) is 0 Å². The van der Waals surface area contributed by atoms with Crippen molar-refractivity contribution in [3.8, 4) is 0 Å². The maximum atomic E-state index is 12.4. The zero-order valence-corrected chi connectivity index (χ0v) is 6.40. The van der Waals surface area contributed by atoms with E-state index < -0.39 is 24.6 Å². The minimum absolute atomic E-state index is 0.157. The molecule has 12 heavy (non-hydrogen) atoms. The van der Waals surface area contributed by atoms with Gasteiger partial charge in [0, 0.05) is 6.42 Å². The van der Waals surface area contributed by atoms with E-state index in [9.17, 15) is 17.6 Å². The van der Waals surface area contributed by atoms with Gasteiger partial charge in [0.15, 0.2) is 0 Å². The van der Waals surface area contributed by atoms with Gasteiger partial charge in [0.05, 0.1) is 0 Å². The standard InChI is InChI=1S/C6H10F4O2/c1-2-3-5(7,8)6(9,10)4(11)12/h4,11-12H,2-3H2,1H3. The summed E-state index contributed by atoms with van der Waals surface area (Å²) in [5.74, 6) is -9.14. The summed E-state index contributed by atoms with van der Waals surface area (Å²) in [4.78, 5) is 0. The topological polar surface area (TPSA) is 40.5 Å². The van der Waals surface area contributed by atoms with Crippen LogP contribution in [0.25, 0.3) is 0 Å². The van der Waals surface area contributed by atoms with Gasteiger partial charge in [-0.2, -0.15) is 17.6 Å². The molecule has 0 bridgehead atoms. The third-order valence-corrected chi connectivity index (χ3v) is 1.38. The van der Waals surface area contributed by atoms with E-state index in [-0.39, 0.29) is 6.42 Å². The molecule has 0 saturated heterocycles. The fourth-order valence-corrected chi connectivity index (χ4v) is 0.670. The Balaban J connectivity index is 4.50. The molecular weight excluding hydrogens is 180 g/mol. The maximum absolute atomic E-state index is 12.4. The molecule has 0 aromatic heterocycles. The number of hydrogen-bond donors (Lipinski definition) is 2. The summed E-state index contributed by atoms with van der Waals surface area (Å²) in [7, 11) is 0. The Hall–Kier alpha value is -0.360. The fraction of sp³-hybridized carbons (Fsp3) is 1.00. The fourth-order valence-electron chi connectivity index (χ4n) is 0.670. The first-order chi connectivity index (χ1) is 5.25. The number of hydrogen-bond acceptors (Lipinski definition) is 2. The molecule has 74 valence electrons. The molecule has 0 rings (SSSR count). The average Bonchev–Trinajstić information content (AvgIpc) is 1.86. The van der Waals surface area contributed by atoms with E-state index in [1.165, 1.54) is 6.92 Å². The smallest absolute Gasteiger partial charge is 0.359 e. The molecule has 0 aliphatic rings. The van der Waals surface area contributed by atoms with Gasteiger partial charge in [-0.15, -0.1) is 0 Å². The number of aliphatic hydroxyl groups excluding tert-OH is 1. The summed E-state index contributed by atoms with van der Waals surface area (Å²) in [6, 6.07) is 0. The summed E-state index contributed by atoms with van der Waals surface area (Å²) in [6.45, 7) is 1.30. The molecule has 0 atom stereocenters. The molecule has 0 aliphatic heterocycles. The van der Waals surface area contributed by atoms with Crippen LogP contribution in [0.3, 0.4) is 0 Å². The average molecular weight is 190 g/mol. The Kier molecular flexibility index (Phi) is 3.46. The van der Waals surface area contributed by atoms with Gasteiger partial charge in [-0.25, -0.2) is 0 Å². The van der Waals surface area contributed by atoms with Crippen LogP contribution in [0.1, 0.15) is 19.8 Å². The quantitative estimate of drug-likeness (QED) is 0.519. The lowest BCUT2D eigenvalue weighted by molar-refractivity contribution is -0.304. The van der Waals surface area contributed by atoms with E-state index in [0.29, 0.717) is 0 Å². The van der Waals surface area contributed by atoms with Crippen LogP contribution in [0, 0.1) is 0 Å². The molecule has 2 nitrogen and oxygen atoms in total. The highest BCUT2D eigenvalue weighted by Crippen LogP contribution is 2.39. The van der Waals surface area contributed by atoms with Crippen LogP contribution in [-0.4, -0.2) is 28.3 Å². The second kappa shape index (κ2) is 3.57. The Labute approximate surface area is 66.8 Å². The van der Waals surface area contributed by atoms with Crippen LogP contribution in [0.2, 0.25) is 0 Å². The van der Waals surface area contributed by atoms with Crippen LogP contribution in [-0.2, 0) is 0 Å². The Morgan fingerprint density at radius 2 is 1.58 bits per heavy atom. The lowest BCUT2D eigenvalue weighted by Gasteiger charge is -2.27. The molecule has 0 unspecified atom stereocenters. The second-order valence-electron chi connectivity index (χ2n) is 2.45. The predicted molar refractivity (Wildman–Crippen MR) is 33.0 cm³/mol. The lowest BCUT2D eigenvalue weighted by atomic mass is 10.1. The molecule has 0 aromatic rings. The van der Waals surface area contributed by atoms with Gasteiger partial charge < -0.3 is 10.2 Å². The highest BCUT2D eigenvalue weighted by atomic mass is 19.3. The first kappa shape index (κ1) is 11.6. The molecular formula is C6H10F4O2. The molecule has 0 radical (unpaired) electrons. The van der Waals surface area contributed by atoms with E-state index >= 15 is 0 Å². The molecule has 0 aromatic carbocycles. The highest BCUT2D eigenvalue weighted by Gasteiger charge is 2.59. The predicted octanol–water partition coefficient (Wildman–Crippen LogP) is 1.37. The highest BCUT2D eigenvalue weighted by molar-refractivity contribution is 4.85. The van der Waals surface area contributed by atoms with Crippen LogP contribution >= 0.6 is 0 Å². The van der Waals surface area contributed by atoms with Gasteiger partial charge in [-0.1, -0.05) is 13.3 Å². The third-order valence-electron chi connectivity index (χ3n) is 1.38. The van der Waals surface area contributed by atoms with Crippen LogP contribution in [0.15, 0.2) is 0 Å². The zero-order chi connectivity index (χ0) is 9.99. The molecule has 0 heterocycles. The van der Waals surface area contributed by atoms with Crippen molar-refractivity contribution in [2.75, 3.05) is 0 Å². The summed E-state index contributed by atoms with van der Waals surface area (Å²) in [5.41, 5.74) is 0. The van der Waals surface area contributed by atoms with Crippen molar-refractivity contribution >= 4 is 0 Å². The summed E-state index contributed by atoms with van der Waals surface area (Å²) < 4.78 is 49.3. The maximum Gasteiger partial charge on any atom is 0.359 e. The van der Waals surface area contributed by atoms with Crippen molar-refractivity contribution in [2.24, 2.45) is 0 Å². The Morgan fingerprint density at radius 1 is 1.17 bits per heavy atom. The third kappa shape index (κ3) is 2.07. The molecule has 0 saturated carbocycles. The van der Waals surface area contributed by atoms with Gasteiger partial charge in [-0.3, -0.25) is 0 Å². The normalized spacial score (nSPS) is 14.0. The van der Waals surface area contributed by atoms with Crippen molar-refractivity contribution in [3.05, 3.63) is 0 Å². The summed E-state index contributed by atoms with van der Waals surface area (Å²) >= 11 is 0. The van der Waals surface area contributed by atoms with E-state index in [1.807, 2.05) is 0 Å². The van der Waals surface area contributed by atoms with Crippen molar-refractivity contribution in [1.29, 1.82) is 0 Å². The minimum Gasteiger partial charge on any atom is -0.363 e.